The summed E-state index contributed by atoms with van der Waals surface area (Å²) in [7, 11) is 0. The van der Waals surface area contributed by atoms with Crippen LogP contribution < -0.4 is 0 Å². The molecule has 3 nitrogen and oxygen atoms in total. The number of benzene rings is 1. The van der Waals surface area contributed by atoms with Gasteiger partial charge in [0.1, 0.15) is 0 Å². The van der Waals surface area contributed by atoms with Crippen LogP contribution in [0.2, 0.25) is 0 Å². The second-order valence-corrected chi connectivity index (χ2v) is 3.97. The summed E-state index contributed by atoms with van der Waals surface area (Å²) in [5.41, 5.74) is 2.20. The number of oxime groups is 1. The Labute approximate surface area is 90.0 Å². The minimum atomic E-state index is 0.259. The Morgan fingerprint density at radius 3 is 2.73 bits per heavy atom. The number of rotatable bonds is 2. The zero-order chi connectivity index (χ0) is 10.7. The van der Waals surface area contributed by atoms with Crippen LogP contribution in [-0.2, 0) is 6.54 Å². The first-order valence-corrected chi connectivity index (χ1v) is 5.30. The van der Waals surface area contributed by atoms with E-state index in [4.69, 9.17) is 5.21 Å². The van der Waals surface area contributed by atoms with Gasteiger partial charge in [0, 0.05) is 25.6 Å². The van der Waals surface area contributed by atoms with E-state index < -0.39 is 0 Å². The Morgan fingerprint density at radius 1 is 1.40 bits per heavy atom. The normalized spacial score (nSPS) is 24.9. The van der Waals surface area contributed by atoms with E-state index >= 15 is 0 Å². The van der Waals surface area contributed by atoms with Crippen molar-refractivity contribution in [1.29, 1.82) is 0 Å². The predicted octanol–water partition coefficient (Wildman–Crippen LogP) is 2.11. The lowest BCUT2D eigenvalue weighted by Crippen LogP contribution is -2.29. The molecule has 1 aliphatic heterocycles. The average Bonchev–Trinajstić information content (AvgIpc) is 2.62. The van der Waals surface area contributed by atoms with Crippen LogP contribution in [0.15, 0.2) is 35.5 Å². The van der Waals surface area contributed by atoms with E-state index in [0.717, 1.165) is 25.2 Å². The van der Waals surface area contributed by atoms with Crippen molar-refractivity contribution in [2.45, 2.75) is 25.9 Å². The number of hydrogen-bond donors (Lipinski definition) is 1. The summed E-state index contributed by atoms with van der Waals surface area (Å²) in [5, 5.41) is 12.1. The van der Waals surface area contributed by atoms with Crippen molar-refractivity contribution in [3.63, 3.8) is 0 Å². The first kappa shape index (κ1) is 10.2. The molecule has 1 saturated heterocycles. The van der Waals surface area contributed by atoms with E-state index in [9.17, 15) is 0 Å². The molecule has 1 aliphatic rings. The first-order valence-electron chi connectivity index (χ1n) is 5.30. The molecule has 1 fully saturated rings. The molecule has 0 spiro atoms. The standard InChI is InChI=1S/C12H16N2O/c1-10-12(13-15)7-8-14(10)9-11-5-3-2-4-6-11/h2-6,10,15H,7-9H2,1H3/b13-12+/t10-/m1/s1. The van der Waals surface area contributed by atoms with Crippen molar-refractivity contribution in [1.82, 2.24) is 4.90 Å². The molecule has 0 bridgehead atoms. The fourth-order valence-corrected chi connectivity index (χ4v) is 2.04. The Balaban J connectivity index is 2.03. The van der Waals surface area contributed by atoms with Crippen molar-refractivity contribution >= 4 is 5.71 Å². The van der Waals surface area contributed by atoms with Gasteiger partial charge in [0.05, 0.1) is 5.71 Å². The van der Waals surface area contributed by atoms with Gasteiger partial charge in [-0.2, -0.15) is 0 Å². The van der Waals surface area contributed by atoms with Gasteiger partial charge in [-0.05, 0) is 12.5 Å². The summed E-state index contributed by atoms with van der Waals surface area (Å²) in [6.07, 6.45) is 0.879. The van der Waals surface area contributed by atoms with Crippen LogP contribution in [0.3, 0.4) is 0 Å². The van der Waals surface area contributed by atoms with Crippen LogP contribution in [0, 0.1) is 0 Å². The van der Waals surface area contributed by atoms with Crippen molar-refractivity contribution in [2.75, 3.05) is 6.54 Å². The lowest BCUT2D eigenvalue weighted by Gasteiger charge is -2.20. The van der Waals surface area contributed by atoms with Gasteiger partial charge in [0.15, 0.2) is 0 Å². The lowest BCUT2D eigenvalue weighted by atomic mass is 10.2. The molecule has 0 saturated carbocycles. The average molecular weight is 204 g/mol. The highest BCUT2D eigenvalue weighted by atomic mass is 16.4. The topological polar surface area (TPSA) is 35.8 Å². The van der Waals surface area contributed by atoms with Gasteiger partial charge in [-0.15, -0.1) is 0 Å². The Hall–Kier alpha value is -1.35. The maximum Gasteiger partial charge on any atom is 0.0752 e. The molecule has 3 heteroatoms. The largest absolute Gasteiger partial charge is 0.411 e. The number of hydrogen-bond acceptors (Lipinski definition) is 3. The van der Waals surface area contributed by atoms with E-state index in [-0.39, 0.29) is 6.04 Å². The molecule has 0 aromatic heterocycles. The maximum absolute atomic E-state index is 8.78. The maximum atomic E-state index is 8.78. The van der Waals surface area contributed by atoms with E-state index in [0.29, 0.717) is 0 Å². The molecule has 1 aromatic carbocycles. The molecule has 15 heavy (non-hydrogen) atoms. The second kappa shape index (κ2) is 4.45. The summed E-state index contributed by atoms with van der Waals surface area (Å²) in [6.45, 7) is 4.00. The molecule has 1 aromatic rings. The zero-order valence-electron chi connectivity index (χ0n) is 8.93. The zero-order valence-corrected chi connectivity index (χ0v) is 8.93. The minimum Gasteiger partial charge on any atom is -0.411 e. The SMILES string of the molecule is C[C@@H]1/C(=N/O)CCN1Cc1ccccc1. The molecule has 2 rings (SSSR count). The van der Waals surface area contributed by atoms with Crippen molar-refractivity contribution in [2.24, 2.45) is 5.16 Å². The van der Waals surface area contributed by atoms with E-state index in [2.05, 4.69) is 41.2 Å². The van der Waals surface area contributed by atoms with Gasteiger partial charge in [-0.3, -0.25) is 4.90 Å². The second-order valence-electron chi connectivity index (χ2n) is 3.97. The molecular formula is C12H16N2O. The van der Waals surface area contributed by atoms with E-state index in [1.165, 1.54) is 5.56 Å². The Bertz CT molecular complexity index is 348. The van der Waals surface area contributed by atoms with Gasteiger partial charge < -0.3 is 5.21 Å². The molecule has 1 atom stereocenters. The first-order chi connectivity index (χ1) is 7.31. The van der Waals surface area contributed by atoms with Gasteiger partial charge in [0.25, 0.3) is 0 Å². The summed E-state index contributed by atoms with van der Waals surface area (Å²) in [6, 6.07) is 10.6. The Morgan fingerprint density at radius 2 is 2.13 bits per heavy atom. The highest BCUT2D eigenvalue weighted by Gasteiger charge is 2.26. The van der Waals surface area contributed by atoms with Crippen molar-refractivity contribution in [3.05, 3.63) is 35.9 Å². The molecule has 1 heterocycles. The van der Waals surface area contributed by atoms with Crippen LogP contribution >= 0.6 is 0 Å². The third kappa shape index (κ3) is 2.18. The Kier molecular flexibility index (Phi) is 3.02. The monoisotopic (exact) mass is 204 g/mol. The van der Waals surface area contributed by atoms with Crippen molar-refractivity contribution in [3.8, 4) is 0 Å². The highest BCUT2D eigenvalue weighted by Crippen LogP contribution is 2.17. The van der Waals surface area contributed by atoms with Crippen LogP contribution in [0.1, 0.15) is 18.9 Å². The van der Waals surface area contributed by atoms with Crippen LogP contribution in [0.4, 0.5) is 0 Å². The fraction of sp³-hybridized carbons (Fsp3) is 0.417. The van der Waals surface area contributed by atoms with Crippen LogP contribution in [0.25, 0.3) is 0 Å². The van der Waals surface area contributed by atoms with Gasteiger partial charge in [-0.1, -0.05) is 35.5 Å². The van der Waals surface area contributed by atoms with Gasteiger partial charge >= 0.3 is 0 Å². The summed E-state index contributed by atoms with van der Waals surface area (Å²) >= 11 is 0. The molecule has 80 valence electrons. The van der Waals surface area contributed by atoms with Crippen LogP contribution in [-0.4, -0.2) is 28.4 Å². The molecule has 0 amide bonds. The number of likely N-dealkylation sites (tertiary alicyclic amines) is 1. The van der Waals surface area contributed by atoms with Crippen LogP contribution in [0.5, 0.6) is 0 Å². The fourth-order valence-electron chi connectivity index (χ4n) is 2.04. The third-order valence-corrected chi connectivity index (χ3v) is 3.04. The van der Waals surface area contributed by atoms with Crippen molar-refractivity contribution < 1.29 is 5.21 Å². The number of nitrogens with zero attached hydrogens (tertiary/aromatic N) is 2. The van der Waals surface area contributed by atoms with Gasteiger partial charge in [0.2, 0.25) is 0 Å². The smallest absolute Gasteiger partial charge is 0.0752 e. The molecule has 1 N–H and O–H groups in total. The van der Waals surface area contributed by atoms with E-state index in [1.54, 1.807) is 0 Å². The highest BCUT2D eigenvalue weighted by molar-refractivity contribution is 5.90. The minimum absolute atomic E-state index is 0.259. The van der Waals surface area contributed by atoms with Gasteiger partial charge in [-0.25, -0.2) is 0 Å². The third-order valence-electron chi connectivity index (χ3n) is 3.04. The summed E-state index contributed by atoms with van der Waals surface area (Å²) in [4.78, 5) is 2.32. The molecule has 0 unspecified atom stereocenters. The molecular weight excluding hydrogens is 188 g/mol. The predicted molar refractivity (Wildman–Crippen MR) is 60.2 cm³/mol. The molecule has 0 aliphatic carbocycles. The summed E-state index contributed by atoms with van der Waals surface area (Å²) in [5.74, 6) is 0. The van der Waals surface area contributed by atoms with E-state index in [1.807, 2.05) is 6.07 Å². The lowest BCUT2D eigenvalue weighted by molar-refractivity contribution is 0.275. The quantitative estimate of drug-likeness (QED) is 0.591. The summed E-state index contributed by atoms with van der Waals surface area (Å²) < 4.78 is 0. The molecule has 0 radical (unpaired) electrons.